The summed E-state index contributed by atoms with van der Waals surface area (Å²) in [5.41, 5.74) is 2.10. The number of rotatable bonds is 6. The number of nitrogens with zero attached hydrogens (tertiary/aromatic N) is 2. The molecular weight excluding hydrogens is 416 g/mol. The minimum atomic E-state index is -3.51. The van der Waals surface area contributed by atoms with Crippen molar-refractivity contribution in [2.75, 3.05) is 31.9 Å². The Labute approximate surface area is 175 Å². The maximum Gasteiger partial charge on any atom is 0.243 e. The number of carbonyl (C=O) groups is 1. The standard InChI is InChI=1S/C20H23ClN2O3S2/c1-16-5-7-19(8-6-16)28(25,26)23-11-9-22(10-12-23)20(24)15-27-14-17-3-2-4-18(21)13-17/h2-8,13H,9-12,14-15H2,1H3. The zero-order valence-corrected chi connectivity index (χ0v) is 18.1. The van der Waals surface area contributed by atoms with Gasteiger partial charge in [-0.05, 0) is 36.8 Å². The van der Waals surface area contributed by atoms with Crippen LogP contribution in [0.5, 0.6) is 0 Å². The van der Waals surface area contributed by atoms with Gasteiger partial charge in [0.1, 0.15) is 0 Å². The first-order chi connectivity index (χ1) is 13.4. The third-order valence-corrected chi connectivity index (χ3v) is 7.77. The first-order valence-corrected chi connectivity index (χ1v) is 12.0. The van der Waals surface area contributed by atoms with Crippen molar-refractivity contribution in [2.24, 2.45) is 0 Å². The molecule has 0 radical (unpaired) electrons. The summed E-state index contributed by atoms with van der Waals surface area (Å²) >= 11 is 7.51. The molecule has 28 heavy (non-hydrogen) atoms. The predicted octanol–water partition coefficient (Wildman–Crippen LogP) is 3.41. The van der Waals surface area contributed by atoms with Crippen LogP contribution in [0.1, 0.15) is 11.1 Å². The quantitative estimate of drug-likeness (QED) is 0.693. The zero-order chi connectivity index (χ0) is 20.1. The van der Waals surface area contributed by atoms with Crippen LogP contribution in [0.2, 0.25) is 5.02 Å². The van der Waals surface area contributed by atoms with Crippen LogP contribution < -0.4 is 0 Å². The fourth-order valence-electron chi connectivity index (χ4n) is 3.01. The van der Waals surface area contributed by atoms with Crippen LogP contribution in [0.25, 0.3) is 0 Å². The molecule has 1 aliphatic heterocycles. The van der Waals surface area contributed by atoms with E-state index >= 15 is 0 Å². The molecule has 1 amide bonds. The van der Waals surface area contributed by atoms with Gasteiger partial charge in [-0.1, -0.05) is 41.4 Å². The highest BCUT2D eigenvalue weighted by Crippen LogP contribution is 2.20. The molecular formula is C20H23ClN2O3S2. The van der Waals surface area contributed by atoms with E-state index in [0.717, 1.165) is 11.1 Å². The third-order valence-electron chi connectivity index (χ3n) is 4.63. The van der Waals surface area contributed by atoms with Crippen LogP contribution in [0.4, 0.5) is 0 Å². The Kier molecular flexibility index (Phi) is 7.04. The molecule has 1 heterocycles. The smallest absolute Gasteiger partial charge is 0.243 e. The van der Waals surface area contributed by atoms with Crippen LogP contribution in [-0.4, -0.2) is 55.5 Å². The Morgan fingerprint density at radius 1 is 1.07 bits per heavy atom. The molecule has 2 aromatic carbocycles. The van der Waals surface area contributed by atoms with E-state index in [-0.39, 0.29) is 5.91 Å². The zero-order valence-electron chi connectivity index (χ0n) is 15.7. The molecule has 0 saturated carbocycles. The van der Waals surface area contributed by atoms with Gasteiger partial charge < -0.3 is 4.90 Å². The highest BCUT2D eigenvalue weighted by Gasteiger charge is 2.29. The average Bonchev–Trinajstić information content (AvgIpc) is 2.68. The van der Waals surface area contributed by atoms with Gasteiger partial charge >= 0.3 is 0 Å². The molecule has 3 rings (SSSR count). The van der Waals surface area contributed by atoms with Gasteiger partial charge in [0.15, 0.2) is 0 Å². The molecule has 8 heteroatoms. The molecule has 5 nitrogen and oxygen atoms in total. The lowest BCUT2D eigenvalue weighted by molar-refractivity contribution is -0.129. The Morgan fingerprint density at radius 3 is 2.39 bits per heavy atom. The van der Waals surface area contributed by atoms with Crippen molar-refractivity contribution < 1.29 is 13.2 Å². The Hall–Kier alpha value is -1.54. The molecule has 1 fully saturated rings. The van der Waals surface area contributed by atoms with Gasteiger partial charge in [-0.15, -0.1) is 11.8 Å². The van der Waals surface area contributed by atoms with E-state index in [1.54, 1.807) is 29.2 Å². The van der Waals surface area contributed by atoms with Crippen LogP contribution in [0.15, 0.2) is 53.4 Å². The number of amides is 1. The predicted molar refractivity (Wildman–Crippen MR) is 114 cm³/mol. The lowest BCUT2D eigenvalue weighted by atomic mass is 10.2. The average molecular weight is 439 g/mol. The molecule has 150 valence electrons. The Bertz CT molecular complexity index is 925. The van der Waals surface area contributed by atoms with Crippen molar-refractivity contribution in [3.63, 3.8) is 0 Å². The molecule has 0 aromatic heterocycles. The highest BCUT2D eigenvalue weighted by atomic mass is 35.5. The number of carbonyl (C=O) groups excluding carboxylic acids is 1. The first kappa shape index (κ1) is 21.2. The summed E-state index contributed by atoms with van der Waals surface area (Å²) in [5, 5.41) is 0.690. The van der Waals surface area contributed by atoms with Gasteiger partial charge in [0, 0.05) is 37.0 Å². The molecule has 2 aromatic rings. The van der Waals surface area contributed by atoms with E-state index in [4.69, 9.17) is 11.6 Å². The van der Waals surface area contributed by atoms with E-state index in [1.165, 1.54) is 16.1 Å². The summed E-state index contributed by atoms with van der Waals surface area (Å²) < 4.78 is 26.9. The van der Waals surface area contributed by atoms with Crippen molar-refractivity contribution in [1.29, 1.82) is 0 Å². The second-order valence-corrected chi connectivity index (χ2v) is 10.1. The van der Waals surface area contributed by atoms with Gasteiger partial charge in [-0.3, -0.25) is 4.79 Å². The van der Waals surface area contributed by atoms with Gasteiger partial charge in [0.25, 0.3) is 0 Å². The minimum absolute atomic E-state index is 0.0411. The highest BCUT2D eigenvalue weighted by molar-refractivity contribution is 7.99. The lowest BCUT2D eigenvalue weighted by Gasteiger charge is -2.34. The number of aryl methyl sites for hydroxylation is 1. The second-order valence-electron chi connectivity index (χ2n) is 6.72. The number of thioether (sulfide) groups is 1. The van der Waals surface area contributed by atoms with Gasteiger partial charge in [0.05, 0.1) is 10.6 Å². The number of benzene rings is 2. The summed E-state index contributed by atoms with van der Waals surface area (Å²) in [4.78, 5) is 14.5. The fourth-order valence-corrected chi connectivity index (χ4v) is 5.52. The van der Waals surface area contributed by atoms with Crippen LogP contribution in [0, 0.1) is 6.92 Å². The van der Waals surface area contributed by atoms with Crippen molar-refractivity contribution in [3.05, 3.63) is 64.7 Å². The molecule has 0 N–H and O–H groups in total. The van der Waals surface area contributed by atoms with Crippen LogP contribution in [-0.2, 0) is 20.6 Å². The van der Waals surface area contributed by atoms with Gasteiger partial charge in [-0.2, -0.15) is 4.31 Å². The molecule has 0 atom stereocenters. The largest absolute Gasteiger partial charge is 0.339 e. The Balaban J connectivity index is 1.49. The second kappa shape index (κ2) is 9.31. The summed E-state index contributed by atoms with van der Waals surface area (Å²) in [6, 6.07) is 14.5. The molecule has 0 aliphatic carbocycles. The molecule has 0 bridgehead atoms. The van der Waals surface area contributed by atoms with Crippen molar-refractivity contribution in [1.82, 2.24) is 9.21 Å². The van der Waals surface area contributed by atoms with E-state index in [2.05, 4.69) is 0 Å². The molecule has 1 aliphatic rings. The molecule has 0 unspecified atom stereocenters. The van der Waals surface area contributed by atoms with E-state index in [9.17, 15) is 13.2 Å². The number of halogens is 1. The summed E-state index contributed by atoms with van der Waals surface area (Å²) in [7, 11) is -3.51. The summed E-state index contributed by atoms with van der Waals surface area (Å²) in [6.07, 6.45) is 0. The van der Waals surface area contributed by atoms with E-state index in [0.29, 0.717) is 47.6 Å². The van der Waals surface area contributed by atoms with Crippen molar-refractivity contribution in [2.45, 2.75) is 17.6 Å². The van der Waals surface area contributed by atoms with Crippen molar-refractivity contribution in [3.8, 4) is 0 Å². The van der Waals surface area contributed by atoms with Gasteiger partial charge in [0.2, 0.25) is 15.9 Å². The number of sulfonamides is 1. The lowest BCUT2D eigenvalue weighted by Crippen LogP contribution is -2.50. The first-order valence-electron chi connectivity index (χ1n) is 9.03. The van der Waals surface area contributed by atoms with E-state index in [1.807, 2.05) is 31.2 Å². The summed E-state index contributed by atoms with van der Waals surface area (Å²) in [6.45, 7) is 3.40. The summed E-state index contributed by atoms with van der Waals surface area (Å²) in [5.74, 6) is 1.13. The topological polar surface area (TPSA) is 57.7 Å². The van der Waals surface area contributed by atoms with Crippen LogP contribution >= 0.6 is 23.4 Å². The third kappa shape index (κ3) is 5.29. The SMILES string of the molecule is Cc1ccc(S(=O)(=O)N2CCN(C(=O)CSCc3cccc(Cl)c3)CC2)cc1. The molecule has 1 saturated heterocycles. The fraction of sp³-hybridized carbons (Fsp3) is 0.350. The number of hydrogen-bond acceptors (Lipinski definition) is 4. The van der Waals surface area contributed by atoms with Crippen LogP contribution in [0.3, 0.4) is 0 Å². The maximum absolute atomic E-state index is 12.7. The minimum Gasteiger partial charge on any atom is -0.339 e. The Morgan fingerprint density at radius 2 is 1.75 bits per heavy atom. The molecule has 0 spiro atoms. The monoisotopic (exact) mass is 438 g/mol. The number of piperazine rings is 1. The maximum atomic E-state index is 12.7. The van der Waals surface area contributed by atoms with E-state index < -0.39 is 10.0 Å². The number of hydrogen-bond donors (Lipinski definition) is 0. The normalized spacial score (nSPS) is 15.6. The van der Waals surface area contributed by atoms with Gasteiger partial charge in [-0.25, -0.2) is 8.42 Å². The van der Waals surface area contributed by atoms with Crippen molar-refractivity contribution >= 4 is 39.3 Å².